The van der Waals surface area contributed by atoms with Crippen LogP contribution < -0.4 is 10.2 Å². The molecule has 4 rings (SSSR count). The van der Waals surface area contributed by atoms with E-state index in [1.54, 1.807) is 12.4 Å². The SMILES string of the molecule is CCNC(=NCCCc1cn(-c2ccccc2)nc1C)N1CCN(c2ncccn2)CC1.I. The fraction of sp³-hybridized carbons (Fsp3) is 0.417. The first-order valence-corrected chi connectivity index (χ1v) is 11.4. The van der Waals surface area contributed by atoms with Crippen molar-refractivity contribution in [1.29, 1.82) is 0 Å². The Bertz CT molecular complexity index is 998. The van der Waals surface area contributed by atoms with Crippen molar-refractivity contribution in [3.8, 4) is 5.69 Å². The van der Waals surface area contributed by atoms with Gasteiger partial charge in [0, 0.05) is 57.9 Å². The molecule has 176 valence electrons. The van der Waals surface area contributed by atoms with E-state index in [0.717, 1.165) is 75.4 Å². The predicted octanol–water partition coefficient (Wildman–Crippen LogP) is 3.31. The lowest BCUT2D eigenvalue weighted by Gasteiger charge is -2.36. The average Bonchev–Trinajstić information content (AvgIpc) is 3.23. The van der Waals surface area contributed by atoms with Crippen molar-refractivity contribution < 1.29 is 0 Å². The van der Waals surface area contributed by atoms with Crippen LogP contribution in [0.25, 0.3) is 5.69 Å². The molecule has 3 aromatic rings. The lowest BCUT2D eigenvalue weighted by molar-refractivity contribution is 0.370. The van der Waals surface area contributed by atoms with Crippen molar-refractivity contribution in [2.24, 2.45) is 4.99 Å². The molecule has 1 aliphatic rings. The van der Waals surface area contributed by atoms with Crippen LogP contribution in [0.5, 0.6) is 0 Å². The van der Waals surface area contributed by atoms with Crippen LogP contribution in [-0.4, -0.2) is 69.9 Å². The lowest BCUT2D eigenvalue weighted by atomic mass is 10.1. The summed E-state index contributed by atoms with van der Waals surface area (Å²) in [6.07, 6.45) is 7.70. The molecule has 0 atom stereocenters. The van der Waals surface area contributed by atoms with E-state index in [1.165, 1.54) is 5.56 Å². The fourth-order valence-electron chi connectivity index (χ4n) is 3.91. The first-order chi connectivity index (χ1) is 15.7. The van der Waals surface area contributed by atoms with Gasteiger partial charge in [-0.25, -0.2) is 14.6 Å². The minimum atomic E-state index is 0. The highest BCUT2D eigenvalue weighted by Crippen LogP contribution is 2.14. The molecule has 2 aromatic heterocycles. The van der Waals surface area contributed by atoms with Crippen LogP contribution in [0, 0.1) is 6.92 Å². The number of rotatable bonds is 7. The topological polar surface area (TPSA) is 74.5 Å². The van der Waals surface area contributed by atoms with Gasteiger partial charge in [0.2, 0.25) is 5.95 Å². The van der Waals surface area contributed by atoms with E-state index < -0.39 is 0 Å². The number of hydrogen-bond donors (Lipinski definition) is 1. The molecule has 1 N–H and O–H groups in total. The Morgan fingerprint density at radius 2 is 1.76 bits per heavy atom. The van der Waals surface area contributed by atoms with Gasteiger partial charge in [-0.2, -0.15) is 5.10 Å². The molecule has 0 aliphatic carbocycles. The van der Waals surface area contributed by atoms with Gasteiger partial charge in [0.25, 0.3) is 0 Å². The number of piperazine rings is 1. The molecule has 0 spiro atoms. The van der Waals surface area contributed by atoms with Crippen LogP contribution in [0.15, 0.2) is 60.0 Å². The predicted molar refractivity (Wildman–Crippen MR) is 144 cm³/mol. The number of hydrogen-bond acceptors (Lipinski definition) is 5. The molecule has 1 aliphatic heterocycles. The molecule has 1 aromatic carbocycles. The zero-order chi connectivity index (χ0) is 22.2. The van der Waals surface area contributed by atoms with E-state index in [0.29, 0.717) is 0 Å². The van der Waals surface area contributed by atoms with Crippen molar-refractivity contribution in [3.63, 3.8) is 0 Å². The van der Waals surface area contributed by atoms with E-state index in [9.17, 15) is 0 Å². The maximum atomic E-state index is 4.90. The number of nitrogens with one attached hydrogen (secondary N) is 1. The Hall–Kier alpha value is -2.69. The molecule has 1 fully saturated rings. The summed E-state index contributed by atoms with van der Waals surface area (Å²) < 4.78 is 1.97. The second-order valence-electron chi connectivity index (χ2n) is 7.88. The Labute approximate surface area is 213 Å². The van der Waals surface area contributed by atoms with Crippen LogP contribution in [0.2, 0.25) is 0 Å². The summed E-state index contributed by atoms with van der Waals surface area (Å²) in [6, 6.07) is 12.1. The Morgan fingerprint density at radius 1 is 1.03 bits per heavy atom. The molecule has 0 bridgehead atoms. The van der Waals surface area contributed by atoms with Crippen molar-refractivity contribution in [2.45, 2.75) is 26.7 Å². The van der Waals surface area contributed by atoms with Gasteiger partial charge in [-0.05, 0) is 50.5 Å². The van der Waals surface area contributed by atoms with Gasteiger partial charge in [-0.3, -0.25) is 4.99 Å². The Morgan fingerprint density at radius 3 is 2.45 bits per heavy atom. The minimum Gasteiger partial charge on any atom is -0.357 e. The number of aryl methyl sites for hydroxylation is 2. The van der Waals surface area contributed by atoms with Gasteiger partial charge >= 0.3 is 0 Å². The summed E-state index contributed by atoms with van der Waals surface area (Å²) in [7, 11) is 0. The Balaban J connectivity index is 0.00000306. The van der Waals surface area contributed by atoms with Crippen molar-refractivity contribution >= 4 is 35.9 Å². The van der Waals surface area contributed by atoms with E-state index in [1.807, 2.05) is 28.9 Å². The number of halogens is 1. The molecule has 0 saturated carbocycles. The van der Waals surface area contributed by atoms with Gasteiger partial charge in [-0.1, -0.05) is 18.2 Å². The minimum absolute atomic E-state index is 0. The lowest BCUT2D eigenvalue weighted by Crippen LogP contribution is -2.53. The molecule has 33 heavy (non-hydrogen) atoms. The molecular weight excluding hydrogens is 527 g/mol. The summed E-state index contributed by atoms with van der Waals surface area (Å²) in [6.45, 7) is 9.46. The standard InChI is InChI=1S/C24H32N8.HI/c1-3-25-23(30-15-17-31(18-16-30)24-27-13-8-14-28-24)26-12-7-9-21-19-32(29-20(21)2)22-10-5-4-6-11-22;/h4-6,8,10-11,13-14,19H,3,7,9,12,15-18H2,1-2H3,(H,25,26);1H. The summed E-state index contributed by atoms with van der Waals surface area (Å²) in [5, 5.41) is 8.13. The van der Waals surface area contributed by atoms with Gasteiger partial charge in [0.15, 0.2) is 5.96 Å². The molecule has 3 heterocycles. The highest BCUT2D eigenvalue weighted by atomic mass is 127. The fourth-order valence-corrected chi connectivity index (χ4v) is 3.91. The van der Waals surface area contributed by atoms with Gasteiger partial charge in [0.05, 0.1) is 11.4 Å². The quantitative estimate of drug-likeness (QED) is 0.207. The number of para-hydroxylation sites is 1. The van der Waals surface area contributed by atoms with Gasteiger partial charge < -0.3 is 15.1 Å². The van der Waals surface area contributed by atoms with Gasteiger partial charge in [-0.15, -0.1) is 24.0 Å². The molecule has 8 nitrogen and oxygen atoms in total. The van der Waals surface area contributed by atoms with Crippen LogP contribution in [0.1, 0.15) is 24.6 Å². The molecule has 0 radical (unpaired) electrons. The summed E-state index contributed by atoms with van der Waals surface area (Å²) in [5.41, 5.74) is 3.46. The molecule has 1 saturated heterocycles. The van der Waals surface area contributed by atoms with E-state index in [4.69, 9.17) is 4.99 Å². The summed E-state index contributed by atoms with van der Waals surface area (Å²) in [4.78, 5) is 18.2. The van der Waals surface area contributed by atoms with E-state index >= 15 is 0 Å². The highest BCUT2D eigenvalue weighted by Gasteiger charge is 2.21. The molecule has 0 amide bonds. The second-order valence-corrected chi connectivity index (χ2v) is 7.88. The number of nitrogens with zero attached hydrogens (tertiary/aromatic N) is 7. The molecule has 9 heteroatoms. The Kier molecular flexibility index (Phi) is 9.47. The first-order valence-electron chi connectivity index (χ1n) is 11.4. The van der Waals surface area contributed by atoms with Crippen LogP contribution in [0.3, 0.4) is 0 Å². The average molecular weight is 560 g/mol. The van der Waals surface area contributed by atoms with E-state index in [-0.39, 0.29) is 24.0 Å². The maximum Gasteiger partial charge on any atom is 0.225 e. The van der Waals surface area contributed by atoms with Crippen molar-refractivity contribution in [1.82, 2.24) is 30.0 Å². The monoisotopic (exact) mass is 560 g/mol. The van der Waals surface area contributed by atoms with Crippen LogP contribution in [-0.2, 0) is 6.42 Å². The number of benzene rings is 1. The zero-order valence-electron chi connectivity index (χ0n) is 19.4. The van der Waals surface area contributed by atoms with Crippen LogP contribution >= 0.6 is 24.0 Å². The third-order valence-corrected chi connectivity index (χ3v) is 5.64. The van der Waals surface area contributed by atoms with Gasteiger partial charge in [0.1, 0.15) is 0 Å². The highest BCUT2D eigenvalue weighted by molar-refractivity contribution is 14.0. The van der Waals surface area contributed by atoms with Crippen molar-refractivity contribution in [2.75, 3.05) is 44.2 Å². The molecular formula is C24H33IN8. The third-order valence-electron chi connectivity index (χ3n) is 5.64. The van der Waals surface area contributed by atoms with Crippen molar-refractivity contribution in [3.05, 3.63) is 66.2 Å². The summed E-state index contributed by atoms with van der Waals surface area (Å²) in [5.74, 6) is 1.80. The third kappa shape index (κ3) is 6.66. The number of aromatic nitrogens is 4. The van der Waals surface area contributed by atoms with E-state index in [2.05, 4.69) is 62.4 Å². The normalized spacial score (nSPS) is 14.2. The molecule has 0 unspecified atom stereocenters. The smallest absolute Gasteiger partial charge is 0.225 e. The van der Waals surface area contributed by atoms with Crippen LogP contribution in [0.4, 0.5) is 5.95 Å². The first kappa shape index (κ1) is 24.9. The number of aliphatic imine (C=N–C) groups is 1. The zero-order valence-corrected chi connectivity index (χ0v) is 21.7. The number of anilines is 1. The second kappa shape index (κ2) is 12.5. The number of guanidine groups is 1. The summed E-state index contributed by atoms with van der Waals surface area (Å²) >= 11 is 0. The maximum absolute atomic E-state index is 4.90. The largest absolute Gasteiger partial charge is 0.357 e.